The van der Waals surface area contributed by atoms with E-state index in [9.17, 15) is 9.18 Å². The van der Waals surface area contributed by atoms with Crippen LogP contribution in [0.3, 0.4) is 0 Å². The normalized spacial score (nSPS) is 12.2. The van der Waals surface area contributed by atoms with E-state index in [4.69, 9.17) is 0 Å². The minimum Gasteiger partial charge on any atom is -0.322 e. The Morgan fingerprint density at radius 3 is 2.94 bits per heavy atom. The first kappa shape index (κ1) is 12.2. The summed E-state index contributed by atoms with van der Waals surface area (Å²) in [6, 6.07) is 4.01. The average Bonchev–Trinajstić information content (AvgIpc) is 2.86. The third kappa shape index (κ3) is 2.53. The number of carbonyl (C=O) groups excluding carboxylic acids is 1. The fraction of sp³-hybridized carbons (Fsp3) is 0.250. The molecule has 1 amide bonds. The van der Waals surface area contributed by atoms with Crippen molar-refractivity contribution < 1.29 is 9.18 Å². The van der Waals surface area contributed by atoms with E-state index in [2.05, 4.69) is 15.4 Å². The molecule has 2 rings (SSSR count). The number of hydrogen-bond donors (Lipinski definition) is 1. The number of anilines is 1. The van der Waals surface area contributed by atoms with Crippen LogP contribution in [0.4, 0.5) is 10.1 Å². The van der Waals surface area contributed by atoms with Crippen LogP contribution in [0.5, 0.6) is 0 Å². The summed E-state index contributed by atoms with van der Waals surface area (Å²) in [4.78, 5) is 15.7. The lowest BCUT2D eigenvalue weighted by atomic mass is 10.2. The molecule has 0 radical (unpaired) electrons. The third-order valence-electron chi connectivity index (χ3n) is 2.59. The maximum absolute atomic E-state index is 13.5. The van der Waals surface area contributed by atoms with Gasteiger partial charge in [-0.25, -0.2) is 14.1 Å². The zero-order chi connectivity index (χ0) is 13.1. The molecule has 0 bridgehead atoms. The van der Waals surface area contributed by atoms with Gasteiger partial charge in [0.1, 0.15) is 24.5 Å². The van der Waals surface area contributed by atoms with E-state index in [-0.39, 0.29) is 11.6 Å². The lowest BCUT2D eigenvalue weighted by molar-refractivity contribution is -0.119. The topological polar surface area (TPSA) is 59.8 Å². The van der Waals surface area contributed by atoms with Gasteiger partial charge in [0.15, 0.2) is 0 Å². The van der Waals surface area contributed by atoms with Crippen LogP contribution in [-0.2, 0) is 4.79 Å². The minimum atomic E-state index is -0.549. The van der Waals surface area contributed by atoms with Crippen molar-refractivity contribution in [3.63, 3.8) is 0 Å². The molecule has 0 spiro atoms. The second-order valence-electron chi connectivity index (χ2n) is 4.02. The highest BCUT2D eigenvalue weighted by molar-refractivity contribution is 5.93. The quantitative estimate of drug-likeness (QED) is 0.902. The lowest BCUT2D eigenvalue weighted by Crippen LogP contribution is -2.24. The van der Waals surface area contributed by atoms with Gasteiger partial charge in [0.05, 0.1) is 5.69 Å². The van der Waals surface area contributed by atoms with E-state index >= 15 is 0 Å². The maximum atomic E-state index is 13.5. The number of aryl methyl sites for hydroxylation is 1. The molecule has 5 nitrogen and oxygen atoms in total. The zero-order valence-corrected chi connectivity index (χ0v) is 10.1. The Hall–Kier alpha value is -2.24. The molecule has 1 heterocycles. The highest BCUT2D eigenvalue weighted by Gasteiger charge is 2.16. The first-order valence-corrected chi connectivity index (χ1v) is 5.49. The summed E-state index contributed by atoms with van der Waals surface area (Å²) in [5.74, 6) is -0.801. The van der Waals surface area contributed by atoms with E-state index in [1.807, 2.05) is 6.92 Å². The van der Waals surface area contributed by atoms with Crippen molar-refractivity contribution in [1.82, 2.24) is 14.8 Å². The molecule has 1 aromatic carbocycles. The Bertz CT molecular complexity index is 553. The molecule has 0 unspecified atom stereocenters. The van der Waals surface area contributed by atoms with E-state index in [1.165, 1.54) is 23.4 Å². The van der Waals surface area contributed by atoms with E-state index in [1.54, 1.807) is 19.1 Å². The molecule has 1 aromatic heterocycles. The molecule has 0 fully saturated rings. The van der Waals surface area contributed by atoms with Crippen molar-refractivity contribution in [3.8, 4) is 0 Å². The van der Waals surface area contributed by atoms with Gasteiger partial charge in [-0.3, -0.25) is 4.79 Å². The zero-order valence-electron chi connectivity index (χ0n) is 10.1. The van der Waals surface area contributed by atoms with E-state index in [0.29, 0.717) is 0 Å². The number of halogens is 1. The standard InChI is InChI=1S/C12H13FN4O/c1-8-3-4-10(13)11(5-8)16-12(18)9(2)17-7-14-6-15-17/h3-7,9H,1-2H3,(H,16,18)/t9-/m0/s1. The Morgan fingerprint density at radius 2 is 2.28 bits per heavy atom. The number of aromatic nitrogens is 3. The van der Waals surface area contributed by atoms with Gasteiger partial charge in [0.2, 0.25) is 5.91 Å². The molecule has 0 aliphatic carbocycles. The van der Waals surface area contributed by atoms with Crippen molar-refractivity contribution in [2.24, 2.45) is 0 Å². The number of hydrogen-bond acceptors (Lipinski definition) is 3. The average molecular weight is 248 g/mol. The van der Waals surface area contributed by atoms with Crippen molar-refractivity contribution in [2.75, 3.05) is 5.32 Å². The fourth-order valence-corrected chi connectivity index (χ4v) is 1.51. The Kier molecular flexibility index (Phi) is 3.36. The molecule has 0 saturated heterocycles. The highest BCUT2D eigenvalue weighted by Crippen LogP contribution is 2.17. The van der Waals surface area contributed by atoms with Gasteiger partial charge in [0, 0.05) is 0 Å². The number of nitrogens with one attached hydrogen (secondary N) is 1. The number of carbonyl (C=O) groups is 1. The van der Waals surface area contributed by atoms with Crippen LogP contribution >= 0.6 is 0 Å². The fourth-order valence-electron chi connectivity index (χ4n) is 1.51. The maximum Gasteiger partial charge on any atom is 0.249 e. The van der Waals surface area contributed by atoms with E-state index in [0.717, 1.165) is 5.56 Å². The second-order valence-corrected chi connectivity index (χ2v) is 4.02. The molecular weight excluding hydrogens is 235 g/mol. The van der Waals surface area contributed by atoms with Crippen molar-refractivity contribution in [2.45, 2.75) is 19.9 Å². The summed E-state index contributed by atoms with van der Waals surface area (Å²) in [6.07, 6.45) is 2.79. The molecule has 1 N–H and O–H groups in total. The summed E-state index contributed by atoms with van der Waals surface area (Å²) in [5, 5.41) is 6.41. The smallest absolute Gasteiger partial charge is 0.249 e. The van der Waals surface area contributed by atoms with E-state index < -0.39 is 11.9 Å². The van der Waals surface area contributed by atoms with Gasteiger partial charge in [0.25, 0.3) is 0 Å². The summed E-state index contributed by atoms with van der Waals surface area (Å²) < 4.78 is 14.9. The lowest BCUT2D eigenvalue weighted by Gasteiger charge is -2.12. The van der Waals surface area contributed by atoms with Crippen LogP contribution in [0.2, 0.25) is 0 Å². The Morgan fingerprint density at radius 1 is 1.50 bits per heavy atom. The van der Waals surface area contributed by atoms with Crippen molar-refractivity contribution in [1.29, 1.82) is 0 Å². The monoisotopic (exact) mass is 248 g/mol. The number of benzene rings is 1. The molecule has 6 heteroatoms. The Balaban J connectivity index is 2.14. The number of rotatable bonds is 3. The molecular formula is C12H13FN4O. The highest BCUT2D eigenvalue weighted by atomic mass is 19.1. The van der Waals surface area contributed by atoms with Crippen molar-refractivity contribution >= 4 is 11.6 Å². The van der Waals surface area contributed by atoms with Crippen LogP contribution in [0.1, 0.15) is 18.5 Å². The molecule has 0 saturated carbocycles. The molecule has 2 aromatic rings. The van der Waals surface area contributed by atoms with Gasteiger partial charge in [-0.2, -0.15) is 5.10 Å². The predicted molar refractivity (Wildman–Crippen MR) is 64.5 cm³/mol. The second kappa shape index (κ2) is 4.95. The molecule has 1 atom stereocenters. The largest absolute Gasteiger partial charge is 0.322 e. The first-order valence-electron chi connectivity index (χ1n) is 5.49. The van der Waals surface area contributed by atoms with Crippen LogP contribution in [-0.4, -0.2) is 20.7 Å². The molecule has 18 heavy (non-hydrogen) atoms. The molecule has 0 aliphatic heterocycles. The predicted octanol–water partition coefficient (Wildman–Crippen LogP) is 1.93. The Labute approximate surface area is 104 Å². The van der Waals surface area contributed by atoms with Crippen LogP contribution in [0.25, 0.3) is 0 Å². The van der Waals surface area contributed by atoms with Crippen LogP contribution in [0, 0.1) is 12.7 Å². The summed E-state index contributed by atoms with van der Waals surface area (Å²) in [6.45, 7) is 3.49. The molecule has 0 aliphatic rings. The molecule has 94 valence electrons. The van der Waals surface area contributed by atoms with Crippen LogP contribution in [0.15, 0.2) is 30.9 Å². The van der Waals surface area contributed by atoms with Gasteiger partial charge < -0.3 is 5.32 Å². The SMILES string of the molecule is Cc1ccc(F)c(NC(=O)[C@H](C)n2cncn2)c1. The number of nitrogens with zero attached hydrogens (tertiary/aromatic N) is 3. The summed E-state index contributed by atoms with van der Waals surface area (Å²) in [7, 11) is 0. The summed E-state index contributed by atoms with van der Waals surface area (Å²) >= 11 is 0. The van der Waals surface area contributed by atoms with Gasteiger partial charge in [-0.1, -0.05) is 6.07 Å². The number of amides is 1. The van der Waals surface area contributed by atoms with Crippen molar-refractivity contribution in [3.05, 3.63) is 42.2 Å². The van der Waals surface area contributed by atoms with Gasteiger partial charge in [-0.15, -0.1) is 0 Å². The van der Waals surface area contributed by atoms with Gasteiger partial charge >= 0.3 is 0 Å². The van der Waals surface area contributed by atoms with Gasteiger partial charge in [-0.05, 0) is 31.5 Å². The summed E-state index contributed by atoms with van der Waals surface area (Å²) in [5.41, 5.74) is 1.05. The first-order chi connectivity index (χ1) is 8.58. The van der Waals surface area contributed by atoms with Crippen LogP contribution < -0.4 is 5.32 Å². The minimum absolute atomic E-state index is 0.173. The third-order valence-corrected chi connectivity index (χ3v) is 2.59.